The van der Waals surface area contributed by atoms with Crippen molar-refractivity contribution in [2.75, 3.05) is 56.1 Å². The van der Waals surface area contributed by atoms with Gasteiger partial charge >= 0.3 is 0 Å². The normalized spacial score (nSPS) is 18.7. The van der Waals surface area contributed by atoms with Crippen LogP contribution >= 0.6 is 0 Å². The number of nitrogens with zero attached hydrogens (tertiary/aromatic N) is 7. The highest BCUT2D eigenvalue weighted by Crippen LogP contribution is 2.36. The van der Waals surface area contributed by atoms with Crippen molar-refractivity contribution in [1.29, 1.82) is 0 Å². The van der Waals surface area contributed by atoms with E-state index in [1.807, 2.05) is 54.5 Å². The summed E-state index contributed by atoms with van der Waals surface area (Å²) in [7, 11) is 2.08. The molecule has 0 spiro atoms. The minimum atomic E-state index is -0.650. The van der Waals surface area contributed by atoms with Crippen molar-refractivity contribution < 1.29 is 9.18 Å². The van der Waals surface area contributed by atoms with Crippen molar-refractivity contribution in [2.24, 2.45) is 5.41 Å². The summed E-state index contributed by atoms with van der Waals surface area (Å²) >= 11 is 0. The lowest BCUT2D eigenvalue weighted by molar-refractivity contribution is -0.133. The molecule has 0 aromatic carbocycles. The first-order valence-electron chi connectivity index (χ1n) is 11.6. The molecule has 180 valence electrons. The van der Waals surface area contributed by atoms with E-state index in [9.17, 15) is 9.18 Å². The van der Waals surface area contributed by atoms with Gasteiger partial charge in [0, 0.05) is 45.5 Å². The van der Waals surface area contributed by atoms with Crippen LogP contribution in [0.4, 0.5) is 16.2 Å². The second kappa shape index (κ2) is 8.19. The number of hydrogen-bond acceptors (Lipinski definition) is 7. The Morgan fingerprint density at radius 2 is 1.82 bits per heavy atom. The lowest BCUT2D eigenvalue weighted by Gasteiger charge is -2.48. The predicted octanol–water partition coefficient (Wildman–Crippen LogP) is 1.89. The van der Waals surface area contributed by atoms with Crippen LogP contribution in [0, 0.1) is 11.2 Å². The minimum absolute atomic E-state index is 0.0756. The molecule has 2 saturated heterocycles. The van der Waals surface area contributed by atoms with Gasteiger partial charge in [-0.15, -0.1) is 0 Å². The highest BCUT2D eigenvalue weighted by atomic mass is 19.1. The van der Waals surface area contributed by atoms with Gasteiger partial charge < -0.3 is 24.4 Å². The molecular weight excluding hydrogens is 435 g/mol. The molecule has 3 aromatic heterocycles. The lowest BCUT2D eigenvalue weighted by atomic mass is 9.80. The number of aromatic nitrogens is 4. The van der Waals surface area contributed by atoms with Crippen LogP contribution in [0.2, 0.25) is 0 Å². The van der Waals surface area contributed by atoms with Gasteiger partial charge in [0.25, 0.3) is 0 Å². The van der Waals surface area contributed by atoms with Gasteiger partial charge in [0.05, 0.1) is 29.0 Å². The molecule has 34 heavy (non-hydrogen) atoms. The summed E-state index contributed by atoms with van der Waals surface area (Å²) in [5.41, 5.74) is 0.449. The van der Waals surface area contributed by atoms with Gasteiger partial charge in [-0.1, -0.05) is 6.07 Å². The van der Waals surface area contributed by atoms with Crippen molar-refractivity contribution in [2.45, 2.75) is 26.3 Å². The monoisotopic (exact) mass is 466 g/mol. The SMILES string of the molecule is CN1CCN(c2ncc(F)c(N3CC(C)(C(=O)NC(C)(C)c4cnc5ccccn45)C3)n2)CC1. The number of nitrogens with one attached hydrogen (secondary N) is 1. The summed E-state index contributed by atoms with van der Waals surface area (Å²) in [6.45, 7) is 10.1. The molecule has 2 fully saturated rings. The van der Waals surface area contributed by atoms with E-state index < -0.39 is 16.8 Å². The number of likely N-dealkylation sites (N-methyl/N-ethyl adjacent to an activating group) is 1. The fraction of sp³-hybridized carbons (Fsp3) is 0.500. The van der Waals surface area contributed by atoms with E-state index in [4.69, 9.17) is 0 Å². The quantitative estimate of drug-likeness (QED) is 0.615. The third kappa shape index (κ3) is 3.96. The van der Waals surface area contributed by atoms with E-state index in [1.165, 1.54) is 6.20 Å². The van der Waals surface area contributed by atoms with Crippen molar-refractivity contribution in [3.63, 3.8) is 0 Å². The zero-order chi connectivity index (χ0) is 24.1. The molecule has 0 unspecified atom stereocenters. The number of carbonyl (C=O) groups is 1. The van der Waals surface area contributed by atoms with E-state index in [-0.39, 0.29) is 11.7 Å². The smallest absolute Gasteiger partial charge is 0.230 e. The molecule has 0 bridgehead atoms. The summed E-state index contributed by atoms with van der Waals surface area (Å²) in [6, 6.07) is 5.80. The van der Waals surface area contributed by atoms with Gasteiger partial charge in [-0.05, 0) is 40.0 Å². The number of halogens is 1. The zero-order valence-corrected chi connectivity index (χ0v) is 20.1. The number of imidazole rings is 1. The van der Waals surface area contributed by atoms with Gasteiger partial charge in [-0.25, -0.2) is 14.4 Å². The highest BCUT2D eigenvalue weighted by molar-refractivity contribution is 5.86. The molecule has 1 amide bonds. The maximum absolute atomic E-state index is 14.6. The van der Waals surface area contributed by atoms with Crippen LogP contribution in [0.5, 0.6) is 0 Å². The number of piperazine rings is 1. The summed E-state index contributed by atoms with van der Waals surface area (Å²) in [5.74, 6) is 0.256. The summed E-state index contributed by atoms with van der Waals surface area (Å²) in [6.07, 6.45) is 4.97. The fourth-order valence-corrected chi connectivity index (χ4v) is 4.71. The molecule has 5 heterocycles. The molecule has 2 aliphatic heterocycles. The minimum Gasteiger partial charge on any atom is -0.352 e. The molecular formula is C24H31FN8O. The van der Waals surface area contributed by atoms with Crippen molar-refractivity contribution >= 4 is 23.3 Å². The zero-order valence-electron chi connectivity index (χ0n) is 20.1. The second-order valence-electron chi connectivity index (χ2n) is 10.2. The number of fused-ring (bicyclic) bond motifs is 1. The van der Waals surface area contributed by atoms with Crippen LogP contribution in [0.15, 0.2) is 36.8 Å². The third-order valence-corrected chi connectivity index (χ3v) is 6.91. The van der Waals surface area contributed by atoms with Gasteiger partial charge in [0.2, 0.25) is 11.9 Å². The average molecular weight is 467 g/mol. The third-order valence-electron chi connectivity index (χ3n) is 6.91. The standard InChI is InChI=1S/C24H31FN8O/c1-23(2,18-14-26-19-7-5-6-8-33(18)19)29-21(34)24(3)15-32(16-24)20-17(25)13-27-22(28-20)31-11-9-30(4)10-12-31/h5-8,13-14H,9-12,15-16H2,1-4H3,(H,29,34). The van der Waals surface area contributed by atoms with Gasteiger partial charge in [-0.3, -0.25) is 4.79 Å². The van der Waals surface area contributed by atoms with Crippen LogP contribution in [0.1, 0.15) is 26.5 Å². The Balaban J connectivity index is 1.28. The van der Waals surface area contributed by atoms with Crippen LogP contribution in [-0.4, -0.2) is 76.5 Å². The Bertz CT molecular complexity index is 1210. The first-order valence-corrected chi connectivity index (χ1v) is 11.6. The van der Waals surface area contributed by atoms with Crippen LogP contribution in [0.3, 0.4) is 0 Å². The molecule has 3 aromatic rings. The molecule has 0 saturated carbocycles. The average Bonchev–Trinajstić information content (AvgIpc) is 3.23. The Morgan fingerprint density at radius 1 is 1.09 bits per heavy atom. The Labute approximate surface area is 198 Å². The lowest BCUT2D eigenvalue weighted by Crippen LogP contribution is -2.64. The molecule has 5 rings (SSSR count). The first kappa shape index (κ1) is 22.5. The number of anilines is 2. The largest absolute Gasteiger partial charge is 0.352 e. The summed E-state index contributed by atoms with van der Waals surface area (Å²) in [4.78, 5) is 32.6. The number of amides is 1. The second-order valence-corrected chi connectivity index (χ2v) is 10.2. The number of hydrogen-bond donors (Lipinski definition) is 1. The summed E-state index contributed by atoms with van der Waals surface area (Å²) < 4.78 is 16.6. The predicted molar refractivity (Wildman–Crippen MR) is 128 cm³/mol. The van der Waals surface area contributed by atoms with Gasteiger partial charge in [-0.2, -0.15) is 4.98 Å². The van der Waals surface area contributed by atoms with E-state index in [0.29, 0.717) is 19.0 Å². The van der Waals surface area contributed by atoms with Crippen LogP contribution < -0.4 is 15.1 Å². The Hall–Kier alpha value is -3.27. The first-order chi connectivity index (χ1) is 16.2. The Morgan fingerprint density at radius 3 is 2.56 bits per heavy atom. The van der Waals surface area contributed by atoms with E-state index in [2.05, 4.69) is 37.1 Å². The molecule has 9 nitrogen and oxygen atoms in total. The molecule has 10 heteroatoms. The Kier molecular flexibility index (Phi) is 5.43. The topological polar surface area (TPSA) is 81.9 Å². The molecule has 1 N–H and O–H groups in total. The highest BCUT2D eigenvalue weighted by Gasteiger charge is 2.48. The number of carbonyl (C=O) groups excluding carboxylic acids is 1. The maximum atomic E-state index is 14.6. The fourth-order valence-electron chi connectivity index (χ4n) is 4.71. The summed E-state index contributed by atoms with van der Waals surface area (Å²) in [5, 5.41) is 3.18. The molecule has 2 aliphatic rings. The van der Waals surface area contributed by atoms with Crippen molar-refractivity contribution in [3.8, 4) is 0 Å². The van der Waals surface area contributed by atoms with Crippen molar-refractivity contribution in [3.05, 3.63) is 48.3 Å². The molecule has 0 radical (unpaired) electrons. The van der Waals surface area contributed by atoms with Crippen LogP contribution in [0.25, 0.3) is 5.65 Å². The van der Waals surface area contributed by atoms with E-state index >= 15 is 0 Å². The van der Waals surface area contributed by atoms with E-state index in [0.717, 1.165) is 37.5 Å². The van der Waals surface area contributed by atoms with Crippen LogP contribution in [-0.2, 0) is 10.3 Å². The van der Waals surface area contributed by atoms with E-state index in [1.54, 1.807) is 6.20 Å². The maximum Gasteiger partial charge on any atom is 0.230 e. The van der Waals surface area contributed by atoms with Gasteiger partial charge in [0.15, 0.2) is 11.6 Å². The number of rotatable bonds is 5. The number of pyridine rings is 1. The molecule has 0 aliphatic carbocycles. The van der Waals surface area contributed by atoms with Gasteiger partial charge in [0.1, 0.15) is 5.65 Å². The molecule has 0 atom stereocenters. The van der Waals surface area contributed by atoms with Crippen molar-refractivity contribution in [1.82, 2.24) is 29.6 Å².